The predicted molar refractivity (Wildman–Crippen MR) is 204 cm³/mol. The Morgan fingerprint density at radius 3 is 2.08 bits per heavy atom. The first kappa shape index (κ1) is 12.8. The fraction of sp³-hybridized carbons (Fsp3) is 0. The Labute approximate surface area is 316 Å². The maximum absolute atomic E-state index is 9.75. The standard InChI is InChI=1S/C46H29NO2/c1-2-11-30(12-3-1)33-14-8-15-35(29-33)47(41-20-10-22-43-44(41)40-28-25-31-13-4-5-16-36(31)46(40)49-43)34-26-23-32(24-27-34)37-18-9-19-39-38-17-6-7-21-42(38)48-45(37)39/h1-29H/i4D,5D,6D,7D,8D,9D,10D,13D,14D,15D,16D,17D,18D,19D,20D,21D,22D,23D,24D,25D,26D,27D,28D,29D. The second-order valence-electron chi connectivity index (χ2n) is 10.6. The van der Waals surface area contributed by atoms with Gasteiger partial charge in [0.1, 0.15) is 22.3 Å². The molecule has 0 aliphatic carbocycles. The molecule has 0 saturated heterocycles. The number of hydrogen-bond donors (Lipinski definition) is 0. The van der Waals surface area contributed by atoms with Crippen LogP contribution >= 0.6 is 0 Å². The summed E-state index contributed by atoms with van der Waals surface area (Å²) in [4.78, 5) is 0.634. The molecule has 0 aliphatic heterocycles. The summed E-state index contributed by atoms with van der Waals surface area (Å²) in [5.74, 6) is 0. The highest BCUT2D eigenvalue weighted by Gasteiger charge is 2.21. The van der Waals surface area contributed by atoms with Crippen LogP contribution in [-0.4, -0.2) is 0 Å². The van der Waals surface area contributed by atoms with E-state index in [1.165, 1.54) is 12.1 Å². The highest BCUT2D eigenvalue weighted by atomic mass is 16.3. The van der Waals surface area contributed by atoms with Crippen LogP contribution in [0.3, 0.4) is 0 Å². The van der Waals surface area contributed by atoms with Crippen molar-refractivity contribution < 1.29 is 41.7 Å². The van der Waals surface area contributed by atoms with Gasteiger partial charge >= 0.3 is 0 Å². The highest BCUT2D eigenvalue weighted by Crippen LogP contribution is 2.45. The molecule has 0 N–H and O–H groups in total. The van der Waals surface area contributed by atoms with Gasteiger partial charge in [0, 0.05) is 38.5 Å². The summed E-state index contributed by atoms with van der Waals surface area (Å²) in [6.07, 6.45) is 0. The summed E-state index contributed by atoms with van der Waals surface area (Å²) in [7, 11) is 0. The van der Waals surface area contributed by atoms with Crippen molar-refractivity contribution in [1.82, 2.24) is 0 Å². The molecule has 3 nitrogen and oxygen atoms in total. The van der Waals surface area contributed by atoms with Crippen LogP contribution in [0.15, 0.2) is 184 Å². The zero-order valence-corrected chi connectivity index (χ0v) is 24.7. The third-order valence-electron chi connectivity index (χ3n) is 7.87. The van der Waals surface area contributed by atoms with Gasteiger partial charge in [-0.2, -0.15) is 0 Å². The van der Waals surface area contributed by atoms with E-state index in [2.05, 4.69) is 0 Å². The summed E-state index contributed by atoms with van der Waals surface area (Å²) < 4.78 is 229. The lowest BCUT2D eigenvalue weighted by molar-refractivity contribution is 0.670. The molecule has 0 unspecified atom stereocenters. The zero-order valence-electron chi connectivity index (χ0n) is 48.7. The summed E-state index contributed by atoms with van der Waals surface area (Å²) in [5, 5.41) is -2.81. The Hall–Kier alpha value is -6.58. The van der Waals surface area contributed by atoms with Gasteiger partial charge in [0.25, 0.3) is 0 Å². The van der Waals surface area contributed by atoms with E-state index in [0.29, 0.717) is 4.90 Å². The Balaban J connectivity index is 1.43. The lowest BCUT2D eigenvalue weighted by atomic mass is 10.0. The lowest BCUT2D eigenvalue weighted by Crippen LogP contribution is -2.10. The Kier molecular flexibility index (Phi) is 2.87. The quantitative estimate of drug-likeness (QED) is 0.185. The molecule has 0 fully saturated rings. The van der Waals surface area contributed by atoms with Gasteiger partial charge in [-0.05, 0) is 70.4 Å². The molecule has 8 aromatic carbocycles. The molecule has 10 rings (SSSR count). The van der Waals surface area contributed by atoms with Gasteiger partial charge in [-0.1, -0.05) is 127 Å². The third-order valence-corrected chi connectivity index (χ3v) is 7.87. The van der Waals surface area contributed by atoms with E-state index in [0.717, 1.165) is 0 Å². The molecular formula is C46H29NO2. The fourth-order valence-electron chi connectivity index (χ4n) is 5.70. The molecule has 0 saturated carbocycles. The molecule has 0 radical (unpaired) electrons. The van der Waals surface area contributed by atoms with E-state index < -0.39 is 222 Å². The largest absolute Gasteiger partial charge is 0.455 e. The van der Waals surface area contributed by atoms with E-state index >= 15 is 0 Å². The van der Waals surface area contributed by atoms with Crippen molar-refractivity contribution in [2.24, 2.45) is 0 Å². The van der Waals surface area contributed by atoms with Crippen LogP contribution < -0.4 is 4.90 Å². The molecule has 49 heavy (non-hydrogen) atoms. The van der Waals surface area contributed by atoms with Crippen LogP contribution in [0.4, 0.5) is 17.1 Å². The average Bonchev–Trinajstić information content (AvgIpc) is 3.96. The van der Waals surface area contributed by atoms with Crippen molar-refractivity contribution in [3.05, 3.63) is 175 Å². The van der Waals surface area contributed by atoms with Gasteiger partial charge in [0.15, 0.2) is 0 Å². The molecular weight excluding hydrogens is 599 g/mol. The number of fused-ring (bicyclic) bond motifs is 8. The first-order chi connectivity index (χ1) is 34.3. The van der Waals surface area contributed by atoms with Crippen molar-refractivity contribution in [2.75, 3.05) is 4.90 Å². The molecule has 2 aromatic heterocycles. The second kappa shape index (κ2) is 11.0. The van der Waals surface area contributed by atoms with E-state index in [1.54, 1.807) is 18.2 Å². The number of furan rings is 2. The number of nitrogens with zero attached hydrogens (tertiary/aromatic N) is 1. The molecule has 0 aliphatic rings. The smallest absolute Gasteiger partial charge is 0.143 e. The molecule has 3 heteroatoms. The summed E-state index contributed by atoms with van der Waals surface area (Å²) in [6.45, 7) is 0. The maximum Gasteiger partial charge on any atom is 0.143 e. The number of rotatable bonds is 5. The molecule has 2 heterocycles. The van der Waals surface area contributed by atoms with Crippen LogP contribution in [0.1, 0.15) is 32.9 Å². The zero-order chi connectivity index (χ0) is 53.2. The minimum Gasteiger partial charge on any atom is -0.455 e. The molecule has 0 spiro atoms. The van der Waals surface area contributed by atoms with Gasteiger partial charge in [0.05, 0.1) is 44.0 Å². The number of anilines is 3. The van der Waals surface area contributed by atoms with Crippen LogP contribution in [0.25, 0.3) is 76.9 Å². The molecule has 0 bridgehead atoms. The van der Waals surface area contributed by atoms with Crippen molar-refractivity contribution >= 4 is 71.7 Å². The minimum absolute atomic E-state index is 0.145. The fourth-order valence-corrected chi connectivity index (χ4v) is 5.70. The molecule has 0 amide bonds. The lowest BCUT2D eigenvalue weighted by Gasteiger charge is -2.27. The highest BCUT2D eigenvalue weighted by molar-refractivity contribution is 6.19. The molecule has 0 atom stereocenters. The maximum atomic E-state index is 9.75. The number of hydrogen-bond acceptors (Lipinski definition) is 3. The third kappa shape index (κ3) is 4.44. The van der Waals surface area contributed by atoms with Crippen LogP contribution in [0.2, 0.25) is 0 Å². The van der Waals surface area contributed by atoms with E-state index in [1.807, 2.05) is 0 Å². The van der Waals surface area contributed by atoms with Gasteiger partial charge < -0.3 is 13.7 Å². The van der Waals surface area contributed by atoms with Crippen molar-refractivity contribution in [2.45, 2.75) is 0 Å². The van der Waals surface area contributed by atoms with E-state index in [9.17, 15) is 11.0 Å². The summed E-state index contributed by atoms with van der Waals surface area (Å²) in [6, 6.07) is -12.8. The first-order valence-electron chi connectivity index (χ1n) is 26.6. The molecule has 230 valence electrons. The monoisotopic (exact) mass is 651 g/mol. The van der Waals surface area contributed by atoms with E-state index in [4.69, 9.17) is 30.8 Å². The van der Waals surface area contributed by atoms with Crippen LogP contribution in [0, 0.1) is 0 Å². The van der Waals surface area contributed by atoms with E-state index in [-0.39, 0.29) is 16.5 Å². The van der Waals surface area contributed by atoms with Crippen LogP contribution in [0.5, 0.6) is 0 Å². The molecule has 10 aromatic rings. The minimum atomic E-state index is -1.11. The van der Waals surface area contributed by atoms with Gasteiger partial charge in [0.2, 0.25) is 0 Å². The van der Waals surface area contributed by atoms with Crippen molar-refractivity contribution in [3.8, 4) is 22.3 Å². The SMILES string of the molecule is [2H]c1c([2H])c(-c2ccccc2)c([2H])c(N(c2c([2H])c([2H])c(-c3c([2H])c([2H])c([2H])c4c3oc3c([2H])c([2H])c([2H])c([2H])c34)c([2H])c2[2H])c2c([2H])c([2H])c([2H])c3oc4c5c([2H])c([2H])c([2H])c([2H])c5c([2H])c([2H])c4c23)c1[2H]. The number of benzene rings is 8. The summed E-state index contributed by atoms with van der Waals surface area (Å²) in [5.41, 5.74) is -6.47. The van der Waals surface area contributed by atoms with Gasteiger partial charge in [-0.3, -0.25) is 0 Å². The first-order valence-corrected chi connectivity index (χ1v) is 14.6. The van der Waals surface area contributed by atoms with Gasteiger partial charge in [-0.25, -0.2) is 0 Å². The predicted octanol–water partition coefficient (Wildman–Crippen LogP) is 13.4. The van der Waals surface area contributed by atoms with Gasteiger partial charge in [-0.15, -0.1) is 0 Å². The van der Waals surface area contributed by atoms with Crippen molar-refractivity contribution in [1.29, 1.82) is 0 Å². The average molecular weight is 652 g/mol. The number of para-hydroxylation sites is 2. The normalized spacial score (nSPS) is 18.5. The van der Waals surface area contributed by atoms with Crippen molar-refractivity contribution in [3.63, 3.8) is 0 Å². The summed E-state index contributed by atoms with van der Waals surface area (Å²) >= 11 is 0. The topological polar surface area (TPSA) is 29.5 Å². The second-order valence-corrected chi connectivity index (χ2v) is 10.6. The Bertz CT molecular complexity index is 4180. The Morgan fingerprint density at radius 1 is 0.449 bits per heavy atom. The van der Waals surface area contributed by atoms with Crippen LogP contribution in [-0.2, 0) is 0 Å². The Morgan fingerprint density at radius 2 is 1.18 bits per heavy atom.